The van der Waals surface area contributed by atoms with E-state index in [4.69, 9.17) is 4.74 Å². The lowest BCUT2D eigenvalue weighted by Gasteiger charge is -2.17. The van der Waals surface area contributed by atoms with Crippen molar-refractivity contribution in [2.75, 3.05) is 14.2 Å². The molecule has 0 saturated heterocycles. The van der Waals surface area contributed by atoms with E-state index in [-0.39, 0.29) is 6.04 Å². The largest absolute Gasteiger partial charge is 0.480 e. The summed E-state index contributed by atoms with van der Waals surface area (Å²) < 4.78 is 5.29. The minimum Gasteiger partial charge on any atom is -0.480 e. The summed E-state index contributed by atoms with van der Waals surface area (Å²) >= 11 is 0. The summed E-state index contributed by atoms with van der Waals surface area (Å²) in [4.78, 5) is 8.61. The van der Waals surface area contributed by atoms with Gasteiger partial charge in [-0.15, -0.1) is 0 Å². The van der Waals surface area contributed by atoms with Crippen LogP contribution in [-0.2, 0) is 6.42 Å². The predicted molar refractivity (Wildman–Crippen MR) is 79.9 cm³/mol. The van der Waals surface area contributed by atoms with E-state index in [0.29, 0.717) is 5.88 Å². The van der Waals surface area contributed by atoms with Crippen molar-refractivity contribution in [3.8, 4) is 5.88 Å². The van der Waals surface area contributed by atoms with Crippen LogP contribution in [-0.4, -0.2) is 24.1 Å². The quantitative estimate of drug-likeness (QED) is 0.877. The highest BCUT2D eigenvalue weighted by Crippen LogP contribution is 2.23. The molecule has 1 N–H and O–H groups in total. The van der Waals surface area contributed by atoms with Crippen LogP contribution in [0.4, 0.5) is 0 Å². The molecule has 0 aliphatic carbocycles. The second-order valence-corrected chi connectivity index (χ2v) is 4.82. The summed E-state index contributed by atoms with van der Waals surface area (Å²) in [5, 5.41) is 3.30. The van der Waals surface area contributed by atoms with Crippen molar-refractivity contribution < 1.29 is 4.74 Å². The van der Waals surface area contributed by atoms with Gasteiger partial charge in [-0.3, -0.25) is 4.98 Å². The number of hydrogen-bond acceptors (Lipinski definition) is 4. The molecular weight excluding hydrogens is 250 g/mol. The number of nitrogens with one attached hydrogen (secondary N) is 1. The first kappa shape index (κ1) is 14.5. The molecule has 0 saturated carbocycles. The Kier molecular flexibility index (Phi) is 5.07. The van der Waals surface area contributed by atoms with Crippen molar-refractivity contribution in [1.29, 1.82) is 0 Å². The summed E-state index contributed by atoms with van der Waals surface area (Å²) in [6.07, 6.45) is 5.30. The lowest BCUT2D eigenvalue weighted by atomic mass is 10.0. The molecule has 106 valence electrons. The first-order valence-corrected chi connectivity index (χ1v) is 6.82. The van der Waals surface area contributed by atoms with E-state index in [1.807, 2.05) is 7.05 Å². The van der Waals surface area contributed by atoms with Gasteiger partial charge in [-0.1, -0.05) is 29.8 Å². The fourth-order valence-corrected chi connectivity index (χ4v) is 2.33. The van der Waals surface area contributed by atoms with E-state index in [9.17, 15) is 0 Å². The number of nitrogens with zero attached hydrogens (tertiary/aromatic N) is 2. The Labute approximate surface area is 120 Å². The van der Waals surface area contributed by atoms with Crippen LogP contribution in [0.2, 0.25) is 0 Å². The molecule has 0 bridgehead atoms. The van der Waals surface area contributed by atoms with Gasteiger partial charge in [-0.2, -0.15) is 0 Å². The number of benzene rings is 1. The van der Waals surface area contributed by atoms with Crippen LogP contribution < -0.4 is 10.1 Å². The molecule has 20 heavy (non-hydrogen) atoms. The fourth-order valence-electron chi connectivity index (χ4n) is 2.33. The van der Waals surface area contributed by atoms with Gasteiger partial charge in [0.1, 0.15) is 5.69 Å². The van der Waals surface area contributed by atoms with Gasteiger partial charge in [0.05, 0.1) is 13.2 Å². The molecule has 0 fully saturated rings. The Morgan fingerprint density at radius 3 is 2.75 bits per heavy atom. The van der Waals surface area contributed by atoms with E-state index < -0.39 is 0 Å². The summed E-state index contributed by atoms with van der Waals surface area (Å²) in [7, 11) is 3.57. The van der Waals surface area contributed by atoms with Crippen molar-refractivity contribution >= 4 is 0 Å². The van der Waals surface area contributed by atoms with E-state index in [1.54, 1.807) is 19.5 Å². The number of rotatable bonds is 6. The maximum Gasteiger partial charge on any atom is 0.236 e. The third-order valence-electron chi connectivity index (χ3n) is 3.37. The molecule has 0 spiro atoms. The van der Waals surface area contributed by atoms with Gasteiger partial charge < -0.3 is 10.1 Å². The van der Waals surface area contributed by atoms with Crippen LogP contribution in [0, 0.1) is 6.92 Å². The maximum absolute atomic E-state index is 5.29. The summed E-state index contributed by atoms with van der Waals surface area (Å²) in [5.74, 6) is 0.594. The molecule has 1 unspecified atom stereocenters. The Bertz CT molecular complexity index is 557. The van der Waals surface area contributed by atoms with Crippen LogP contribution >= 0.6 is 0 Å². The SMILES string of the molecule is CNC(CCc1cccc(C)c1)c1nccnc1OC. The predicted octanol–water partition coefficient (Wildman–Crippen LogP) is 2.69. The maximum atomic E-state index is 5.29. The van der Waals surface area contributed by atoms with Gasteiger partial charge in [-0.05, 0) is 32.4 Å². The monoisotopic (exact) mass is 271 g/mol. The topological polar surface area (TPSA) is 47.0 Å². The third-order valence-corrected chi connectivity index (χ3v) is 3.37. The van der Waals surface area contributed by atoms with Crippen molar-refractivity contribution in [2.45, 2.75) is 25.8 Å². The lowest BCUT2D eigenvalue weighted by Crippen LogP contribution is -2.19. The fraction of sp³-hybridized carbons (Fsp3) is 0.375. The summed E-state index contributed by atoms with van der Waals surface area (Å²) in [6.45, 7) is 2.12. The van der Waals surface area contributed by atoms with Gasteiger partial charge in [0.25, 0.3) is 0 Å². The molecule has 4 heteroatoms. The van der Waals surface area contributed by atoms with Crippen LogP contribution in [0.15, 0.2) is 36.7 Å². The number of hydrogen-bond donors (Lipinski definition) is 1. The molecule has 1 atom stereocenters. The molecule has 1 aromatic heterocycles. The lowest BCUT2D eigenvalue weighted by molar-refractivity contribution is 0.377. The average Bonchev–Trinajstić information content (AvgIpc) is 2.48. The number of aromatic nitrogens is 2. The highest BCUT2D eigenvalue weighted by Gasteiger charge is 2.16. The van der Waals surface area contributed by atoms with Crippen LogP contribution in [0.3, 0.4) is 0 Å². The smallest absolute Gasteiger partial charge is 0.236 e. The average molecular weight is 271 g/mol. The second-order valence-electron chi connectivity index (χ2n) is 4.82. The normalized spacial score (nSPS) is 12.2. The molecule has 1 heterocycles. The highest BCUT2D eigenvalue weighted by molar-refractivity contribution is 5.24. The third kappa shape index (κ3) is 3.54. The van der Waals surface area contributed by atoms with E-state index in [1.165, 1.54) is 11.1 Å². The zero-order valence-corrected chi connectivity index (χ0v) is 12.3. The molecule has 1 aromatic carbocycles. The molecule has 0 aliphatic heterocycles. The van der Waals surface area contributed by atoms with Gasteiger partial charge in [0, 0.05) is 12.4 Å². The van der Waals surface area contributed by atoms with Crippen LogP contribution in [0.25, 0.3) is 0 Å². The first-order valence-electron chi connectivity index (χ1n) is 6.82. The number of ether oxygens (including phenoxy) is 1. The second kappa shape index (κ2) is 7.01. The Balaban J connectivity index is 2.09. The first-order chi connectivity index (χ1) is 9.74. The molecule has 0 aliphatic rings. The summed E-state index contributed by atoms with van der Waals surface area (Å²) in [6, 6.07) is 8.74. The minimum atomic E-state index is 0.138. The van der Waals surface area contributed by atoms with Gasteiger partial charge >= 0.3 is 0 Å². The Hall–Kier alpha value is -1.94. The van der Waals surface area contributed by atoms with Gasteiger partial charge in [0.2, 0.25) is 5.88 Å². The van der Waals surface area contributed by atoms with Crippen molar-refractivity contribution in [3.05, 3.63) is 53.5 Å². The molecule has 2 rings (SSSR count). The zero-order valence-electron chi connectivity index (χ0n) is 12.3. The molecule has 0 radical (unpaired) electrons. The Morgan fingerprint density at radius 2 is 2.05 bits per heavy atom. The van der Waals surface area contributed by atoms with E-state index in [2.05, 4.69) is 46.5 Å². The van der Waals surface area contributed by atoms with Crippen molar-refractivity contribution in [3.63, 3.8) is 0 Å². The van der Waals surface area contributed by atoms with Gasteiger partial charge in [-0.25, -0.2) is 4.98 Å². The summed E-state index contributed by atoms with van der Waals surface area (Å²) in [5.41, 5.74) is 3.50. The molecule has 2 aromatic rings. The standard InChI is InChI=1S/C16H21N3O/c1-12-5-4-6-13(11-12)7-8-14(17-2)15-16(20-3)19-10-9-18-15/h4-6,9-11,14,17H,7-8H2,1-3H3. The van der Waals surface area contributed by atoms with Crippen LogP contribution in [0.1, 0.15) is 29.3 Å². The van der Waals surface area contributed by atoms with E-state index >= 15 is 0 Å². The van der Waals surface area contributed by atoms with Crippen LogP contribution in [0.5, 0.6) is 5.88 Å². The Morgan fingerprint density at radius 1 is 1.25 bits per heavy atom. The molecule has 0 amide bonds. The number of aryl methyl sites for hydroxylation is 2. The molecular formula is C16H21N3O. The zero-order chi connectivity index (χ0) is 14.4. The van der Waals surface area contributed by atoms with Gasteiger partial charge in [0.15, 0.2) is 0 Å². The van der Waals surface area contributed by atoms with Crippen molar-refractivity contribution in [2.24, 2.45) is 0 Å². The molecule has 4 nitrogen and oxygen atoms in total. The highest BCUT2D eigenvalue weighted by atomic mass is 16.5. The number of methoxy groups -OCH3 is 1. The van der Waals surface area contributed by atoms with Crippen molar-refractivity contribution in [1.82, 2.24) is 15.3 Å². The van der Waals surface area contributed by atoms with E-state index in [0.717, 1.165) is 18.5 Å². The minimum absolute atomic E-state index is 0.138.